The van der Waals surface area contributed by atoms with Gasteiger partial charge >= 0.3 is 21.5 Å². The zero-order valence-electron chi connectivity index (χ0n) is 18.1. The molecule has 1 aromatic carbocycles. The Balaban J connectivity index is 0.000000550. The lowest BCUT2D eigenvalue weighted by Gasteiger charge is -2.10. The van der Waals surface area contributed by atoms with E-state index in [-0.39, 0.29) is 12.5 Å². The van der Waals surface area contributed by atoms with E-state index in [4.69, 9.17) is 59.6 Å². The largest absolute Gasteiger partial charge is 0.466 e. The van der Waals surface area contributed by atoms with E-state index in [9.17, 15) is 10.1 Å². The predicted octanol–water partition coefficient (Wildman–Crippen LogP) is 2.50. The molecule has 3 aromatic rings. The van der Waals surface area contributed by atoms with Gasteiger partial charge in [-0.3, -0.25) is 10.1 Å². The lowest BCUT2D eigenvalue weighted by Crippen LogP contribution is -2.04. The highest BCUT2D eigenvalue weighted by Crippen LogP contribution is 2.28. The minimum Gasteiger partial charge on any atom is -0.401 e. The summed E-state index contributed by atoms with van der Waals surface area (Å²) in [5.41, 5.74) is 2.23. The predicted molar refractivity (Wildman–Crippen MR) is 130 cm³/mol. The van der Waals surface area contributed by atoms with Gasteiger partial charge in [0.05, 0.1) is 17.3 Å². The number of benzene rings is 1. The van der Waals surface area contributed by atoms with E-state index in [0.717, 1.165) is 16.6 Å². The smallest absolute Gasteiger partial charge is 0.401 e. The molecule has 2 heterocycles. The number of hydrogen-bond acceptors (Lipinski definition) is 8. The third kappa shape index (κ3) is 14.0. The second-order valence-corrected chi connectivity index (χ2v) is 9.04. The van der Waals surface area contributed by atoms with Crippen LogP contribution in [0.2, 0.25) is 5.02 Å². The number of halogens is 1. The highest BCUT2D eigenvalue weighted by atomic mass is 35.5. The second-order valence-electron chi connectivity index (χ2n) is 6.55. The quantitative estimate of drug-likeness (QED) is 0.0880. The fourth-order valence-corrected chi connectivity index (χ4v) is 2.62. The average Bonchev–Trinajstić information content (AvgIpc) is 3.19. The number of nitrogens with zero attached hydrogens (tertiary/aromatic N) is 2. The summed E-state index contributed by atoms with van der Waals surface area (Å²) >= 11 is 6.07. The van der Waals surface area contributed by atoms with Gasteiger partial charge in [0.2, 0.25) is 0 Å². The first kappa shape index (κ1) is 31.4. The van der Waals surface area contributed by atoms with Gasteiger partial charge in [0, 0.05) is 29.2 Å². The van der Waals surface area contributed by atoms with Crippen LogP contribution in [0.5, 0.6) is 0 Å². The molecular formula is C18H22ClN3O12P2. The summed E-state index contributed by atoms with van der Waals surface area (Å²) in [5.74, 6) is 0.0498. The van der Waals surface area contributed by atoms with Crippen LogP contribution < -0.4 is 5.32 Å². The second kappa shape index (κ2) is 14.2. The van der Waals surface area contributed by atoms with Crippen molar-refractivity contribution >= 4 is 61.9 Å². The van der Waals surface area contributed by atoms with Crippen LogP contribution in [-0.2, 0) is 9.13 Å². The molecule has 36 heavy (non-hydrogen) atoms. The van der Waals surface area contributed by atoms with E-state index in [2.05, 4.69) is 10.3 Å². The molecule has 18 heteroatoms. The topological polar surface area (TPSA) is 257 Å². The highest BCUT2D eigenvalue weighted by molar-refractivity contribution is 7.45. The Kier molecular flexibility index (Phi) is 12.3. The normalized spacial score (nSPS) is 11.4. The number of anilines is 1. The van der Waals surface area contributed by atoms with Gasteiger partial charge in [-0.05, 0) is 48.9 Å². The van der Waals surface area contributed by atoms with Gasteiger partial charge in [-0.2, -0.15) is 0 Å². The van der Waals surface area contributed by atoms with Crippen molar-refractivity contribution < 1.29 is 52.9 Å². The molecule has 15 nitrogen and oxygen atoms in total. The zero-order valence-corrected chi connectivity index (χ0v) is 20.6. The molecule has 0 unspecified atom stereocenters. The summed E-state index contributed by atoms with van der Waals surface area (Å²) in [6.45, 7) is 0.720. The van der Waals surface area contributed by atoms with Crippen molar-refractivity contribution in [3.63, 3.8) is 0 Å². The standard InChI is InChI=1S/C18H16ClN3O4.2H3O4P/c19-12-2-6-15-16(20-8-1-9-23)11-13(21-17(15)10-12)3-4-14-5-7-18(26-14)22(24)25;2*1-5(2,3)4/h2-7,10-11,23H,1,8-9H2,(H,20,21);2*(H3,1,2,3,4)/b4-3+;;. The molecule has 2 aromatic heterocycles. The first-order valence-electron chi connectivity index (χ1n) is 9.50. The molecule has 0 radical (unpaired) electrons. The highest BCUT2D eigenvalue weighted by Gasteiger charge is 2.10. The minimum absolute atomic E-state index is 0.103. The third-order valence-corrected chi connectivity index (χ3v) is 3.89. The molecule has 0 bridgehead atoms. The summed E-state index contributed by atoms with van der Waals surface area (Å²) in [6, 6.07) is 10.1. The molecule has 8 N–H and O–H groups in total. The van der Waals surface area contributed by atoms with Gasteiger partial charge in [-0.25, -0.2) is 14.1 Å². The number of nitro groups is 1. The number of phosphoric acid groups is 2. The van der Waals surface area contributed by atoms with E-state index in [1.807, 2.05) is 12.1 Å². The van der Waals surface area contributed by atoms with Crippen LogP contribution in [0.1, 0.15) is 17.9 Å². The SMILES string of the molecule is O=P(O)(O)O.O=P(O)(O)O.O=[N+]([O-])c1ccc(/C=C/c2cc(NCCCO)c3ccc(Cl)cc3n2)o1. The first-order chi connectivity index (χ1) is 16.6. The Hall–Kier alpha value is -2.68. The Morgan fingerprint density at radius 3 is 2.17 bits per heavy atom. The van der Waals surface area contributed by atoms with Crippen molar-refractivity contribution in [1.82, 2.24) is 4.98 Å². The van der Waals surface area contributed by atoms with Crippen molar-refractivity contribution in [3.05, 3.63) is 63.0 Å². The molecule has 0 atom stereocenters. The van der Waals surface area contributed by atoms with Crippen LogP contribution in [0.15, 0.2) is 40.8 Å². The lowest BCUT2D eigenvalue weighted by atomic mass is 10.1. The monoisotopic (exact) mass is 569 g/mol. The van der Waals surface area contributed by atoms with Gasteiger partial charge < -0.3 is 44.2 Å². The van der Waals surface area contributed by atoms with E-state index in [0.29, 0.717) is 29.4 Å². The van der Waals surface area contributed by atoms with Gasteiger partial charge in [-0.1, -0.05) is 11.6 Å². The van der Waals surface area contributed by atoms with Crippen LogP contribution in [0.3, 0.4) is 0 Å². The Labute approximate surface area is 207 Å². The fourth-order valence-electron chi connectivity index (χ4n) is 2.45. The molecule has 0 amide bonds. The Morgan fingerprint density at radius 1 is 1.03 bits per heavy atom. The van der Waals surface area contributed by atoms with E-state index in [1.165, 1.54) is 12.1 Å². The number of rotatable bonds is 7. The Bertz CT molecular complexity index is 1250. The van der Waals surface area contributed by atoms with E-state index < -0.39 is 20.6 Å². The van der Waals surface area contributed by atoms with Crippen molar-refractivity contribution in [2.45, 2.75) is 6.42 Å². The molecule has 0 saturated heterocycles. The van der Waals surface area contributed by atoms with E-state index >= 15 is 0 Å². The molecule has 3 rings (SSSR count). The number of aromatic nitrogens is 1. The third-order valence-electron chi connectivity index (χ3n) is 3.65. The summed E-state index contributed by atoms with van der Waals surface area (Å²) < 4.78 is 22.9. The summed E-state index contributed by atoms with van der Waals surface area (Å²) in [6.07, 6.45) is 3.95. The summed E-state index contributed by atoms with van der Waals surface area (Å²) in [4.78, 5) is 57.8. The molecular weight excluding hydrogens is 548 g/mol. The Morgan fingerprint density at radius 2 is 1.64 bits per heavy atom. The fraction of sp³-hybridized carbons (Fsp3) is 0.167. The van der Waals surface area contributed by atoms with Crippen LogP contribution in [0.4, 0.5) is 11.6 Å². The minimum atomic E-state index is -4.64. The molecule has 0 aliphatic rings. The van der Waals surface area contributed by atoms with E-state index in [1.54, 1.807) is 24.3 Å². The number of fused-ring (bicyclic) bond motifs is 1. The van der Waals surface area contributed by atoms with Crippen LogP contribution in [-0.4, -0.2) is 57.5 Å². The van der Waals surface area contributed by atoms with Crippen molar-refractivity contribution in [3.8, 4) is 0 Å². The molecule has 0 spiro atoms. The maximum absolute atomic E-state index is 10.7. The van der Waals surface area contributed by atoms with Gasteiger partial charge in [-0.15, -0.1) is 0 Å². The van der Waals surface area contributed by atoms with Crippen LogP contribution in [0.25, 0.3) is 23.1 Å². The van der Waals surface area contributed by atoms with Crippen molar-refractivity contribution in [1.29, 1.82) is 0 Å². The summed E-state index contributed by atoms with van der Waals surface area (Å²) in [5, 5.41) is 24.4. The molecule has 0 saturated carbocycles. The number of aliphatic hydroxyl groups excluding tert-OH is 1. The van der Waals surface area contributed by atoms with Crippen molar-refractivity contribution in [2.75, 3.05) is 18.5 Å². The number of aliphatic hydroxyl groups is 1. The molecule has 0 aliphatic heterocycles. The van der Waals surface area contributed by atoms with Crippen molar-refractivity contribution in [2.24, 2.45) is 0 Å². The van der Waals surface area contributed by atoms with Gasteiger partial charge in [0.1, 0.15) is 10.7 Å². The number of pyridine rings is 1. The lowest BCUT2D eigenvalue weighted by molar-refractivity contribution is -0.402. The van der Waals surface area contributed by atoms with Crippen LogP contribution >= 0.6 is 27.2 Å². The average molecular weight is 570 g/mol. The zero-order chi connectivity index (χ0) is 27.5. The van der Waals surface area contributed by atoms with Gasteiger partial charge in [0.15, 0.2) is 0 Å². The number of nitrogens with one attached hydrogen (secondary N) is 1. The molecule has 198 valence electrons. The first-order valence-corrected chi connectivity index (χ1v) is 13.0. The molecule has 0 aliphatic carbocycles. The summed E-state index contributed by atoms with van der Waals surface area (Å²) in [7, 11) is -9.28. The maximum atomic E-state index is 10.7. The van der Waals surface area contributed by atoms with Crippen LogP contribution in [0, 0.1) is 10.1 Å². The number of hydrogen-bond donors (Lipinski definition) is 8. The maximum Gasteiger partial charge on any atom is 0.466 e. The van der Waals surface area contributed by atoms with Gasteiger partial charge in [0.25, 0.3) is 0 Å². The molecule has 0 fully saturated rings. The number of furan rings is 1.